The van der Waals surface area contributed by atoms with Gasteiger partial charge in [0.05, 0.1) is 0 Å². The van der Waals surface area contributed by atoms with Crippen molar-refractivity contribution >= 4 is 5.82 Å². The number of aromatic nitrogens is 2. The van der Waals surface area contributed by atoms with E-state index >= 15 is 0 Å². The molecule has 2 rings (SSSR count). The molecule has 0 saturated heterocycles. The zero-order valence-corrected chi connectivity index (χ0v) is 9.30. The lowest BCUT2D eigenvalue weighted by molar-refractivity contribution is 0.215. The summed E-state index contributed by atoms with van der Waals surface area (Å²) in [5.41, 5.74) is 5.52. The van der Waals surface area contributed by atoms with Gasteiger partial charge in [-0.05, 0) is 19.1 Å². The van der Waals surface area contributed by atoms with Crippen LogP contribution >= 0.6 is 0 Å². The molecular formula is C12H12FN3O. The Morgan fingerprint density at radius 3 is 2.65 bits per heavy atom. The number of anilines is 1. The molecule has 0 radical (unpaired) electrons. The number of nitrogens with zero attached hydrogens (tertiary/aromatic N) is 2. The van der Waals surface area contributed by atoms with Gasteiger partial charge < -0.3 is 10.5 Å². The van der Waals surface area contributed by atoms with Gasteiger partial charge in [-0.1, -0.05) is 18.2 Å². The molecule has 1 unspecified atom stereocenters. The van der Waals surface area contributed by atoms with Crippen molar-refractivity contribution in [2.24, 2.45) is 0 Å². The summed E-state index contributed by atoms with van der Waals surface area (Å²) in [6, 6.07) is 9.14. The van der Waals surface area contributed by atoms with Crippen molar-refractivity contribution in [3.05, 3.63) is 48.2 Å². The molecule has 0 aliphatic rings. The summed E-state index contributed by atoms with van der Waals surface area (Å²) in [4.78, 5) is 7.41. The van der Waals surface area contributed by atoms with Crippen LogP contribution < -0.4 is 10.5 Å². The van der Waals surface area contributed by atoms with Gasteiger partial charge in [-0.3, -0.25) is 0 Å². The summed E-state index contributed by atoms with van der Waals surface area (Å²) in [6.07, 6.45) is 0.696. The lowest BCUT2D eigenvalue weighted by Crippen LogP contribution is -2.10. The van der Waals surface area contributed by atoms with Gasteiger partial charge in [0.25, 0.3) is 0 Å². The quantitative estimate of drug-likeness (QED) is 0.883. The predicted molar refractivity (Wildman–Crippen MR) is 61.9 cm³/mol. The Bertz CT molecular complexity index is 504. The SMILES string of the molecule is CC(Oc1ccccc1)c1ncnc(N)c1F. The van der Waals surface area contributed by atoms with E-state index in [2.05, 4.69) is 9.97 Å². The van der Waals surface area contributed by atoms with Crippen LogP contribution in [0.1, 0.15) is 18.7 Å². The van der Waals surface area contributed by atoms with Gasteiger partial charge in [-0.25, -0.2) is 14.4 Å². The van der Waals surface area contributed by atoms with Crippen LogP contribution in [0.15, 0.2) is 36.7 Å². The molecule has 1 aromatic heterocycles. The zero-order chi connectivity index (χ0) is 12.3. The van der Waals surface area contributed by atoms with Crippen LogP contribution in [0.3, 0.4) is 0 Å². The van der Waals surface area contributed by atoms with Gasteiger partial charge in [0.2, 0.25) is 0 Å². The third-order valence-corrected chi connectivity index (χ3v) is 2.28. The summed E-state index contributed by atoms with van der Waals surface area (Å²) in [5.74, 6) is -0.147. The fourth-order valence-electron chi connectivity index (χ4n) is 1.44. The highest BCUT2D eigenvalue weighted by Crippen LogP contribution is 2.22. The molecule has 0 bridgehead atoms. The number of nitrogens with two attached hydrogens (primary N) is 1. The average Bonchev–Trinajstić information content (AvgIpc) is 2.34. The number of rotatable bonds is 3. The molecule has 2 N–H and O–H groups in total. The zero-order valence-electron chi connectivity index (χ0n) is 9.30. The van der Waals surface area contributed by atoms with Gasteiger partial charge in [-0.2, -0.15) is 0 Å². The van der Waals surface area contributed by atoms with E-state index < -0.39 is 11.9 Å². The Kier molecular flexibility index (Phi) is 3.18. The third kappa shape index (κ3) is 2.50. The van der Waals surface area contributed by atoms with E-state index in [0.717, 1.165) is 0 Å². The summed E-state index contributed by atoms with van der Waals surface area (Å²) in [7, 11) is 0. The molecule has 4 nitrogen and oxygen atoms in total. The van der Waals surface area contributed by atoms with Gasteiger partial charge in [-0.15, -0.1) is 0 Å². The van der Waals surface area contributed by atoms with Crippen molar-refractivity contribution in [1.82, 2.24) is 9.97 Å². The minimum absolute atomic E-state index is 0.154. The highest BCUT2D eigenvalue weighted by molar-refractivity contribution is 5.32. The molecule has 88 valence electrons. The van der Waals surface area contributed by atoms with E-state index in [-0.39, 0.29) is 11.5 Å². The number of halogens is 1. The highest BCUT2D eigenvalue weighted by atomic mass is 19.1. The second kappa shape index (κ2) is 4.78. The monoisotopic (exact) mass is 233 g/mol. The van der Waals surface area contributed by atoms with Gasteiger partial charge >= 0.3 is 0 Å². The first-order valence-electron chi connectivity index (χ1n) is 5.16. The molecule has 0 fully saturated rings. The van der Waals surface area contributed by atoms with Crippen molar-refractivity contribution in [2.75, 3.05) is 5.73 Å². The molecule has 0 spiro atoms. The molecule has 0 aliphatic carbocycles. The fraction of sp³-hybridized carbons (Fsp3) is 0.167. The lowest BCUT2D eigenvalue weighted by atomic mass is 10.2. The maximum absolute atomic E-state index is 13.6. The smallest absolute Gasteiger partial charge is 0.190 e. The Labute approximate surface area is 98.3 Å². The highest BCUT2D eigenvalue weighted by Gasteiger charge is 2.16. The Hall–Kier alpha value is -2.17. The van der Waals surface area contributed by atoms with E-state index in [1.165, 1.54) is 6.33 Å². The second-order valence-corrected chi connectivity index (χ2v) is 3.53. The van der Waals surface area contributed by atoms with E-state index in [0.29, 0.717) is 5.75 Å². The van der Waals surface area contributed by atoms with E-state index in [1.807, 2.05) is 18.2 Å². The summed E-state index contributed by atoms with van der Waals surface area (Å²) >= 11 is 0. The van der Waals surface area contributed by atoms with Crippen LogP contribution in [-0.4, -0.2) is 9.97 Å². The van der Waals surface area contributed by atoms with Gasteiger partial charge in [0.1, 0.15) is 23.9 Å². The second-order valence-electron chi connectivity index (χ2n) is 3.53. The molecule has 0 amide bonds. The third-order valence-electron chi connectivity index (χ3n) is 2.28. The number of benzene rings is 1. The largest absolute Gasteiger partial charge is 0.484 e. The topological polar surface area (TPSA) is 61.0 Å². The maximum Gasteiger partial charge on any atom is 0.190 e. The standard InChI is InChI=1S/C12H12FN3O/c1-8(17-9-5-3-2-4-6-9)11-10(13)12(14)16-7-15-11/h2-8H,1H3,(H2,14,15,16). The van der Waals surface area contributed by atoms with Crippen molar-refractivity contribution < 1.29 is 9.13 Å². The van der Waals surface area contributed by atoms with Crippen LogP contribution in [-0.2, 0) is 0 Å². The lowest BCUT2D eigenvalue weighted by Gasteiger charge is -2.14. The van der Waals surface area contributed by atoms with E-state index in [1.54, 1.807) is 19.1 Å². The van der Waals surface area contributed by atoms with Crippen LogP contribution in [0.2, 0.25) is 0 Å². The molecule has 1 aromatic carbocycles. The molecular weight excluding hydrogens is 221 g/mol. The molecule has 0 saturated carbocycles. The molecule has 1 heterocycles. The minimum Gasteiger partial charge on any atom is -0.484 e. The average molecular weight is 233 g/mol. The van der Waals surface area contributed by atoms with Crippen molar-refractivity contribution in [3.63, 3.8) is 0 Å². The first-order chi connectivity index (χ1) is 8.18. The van der Waals surface area contributed by atoms with Crippen LogP contribution in [0.5, 0.6) is 5.75 Å². The van der Waals surface area contributed by atoms with Crippen molar-refractivity contribution in [3.8, 4) is 5.75 Å². The fourth-order valence-corrected chi connectivity index (χ4v) is 1.44. The van der Waals surface area contributed by atoms with Crippen LogP contribution in [0.4, 0.5) is 10.2 Å². The number of hydrogen-bond donors (Lipinski definition) is 1. The van der Waals surface area contributed by atoms with E-state index in [4.69, 9.17) is 10.5 Å². The Morgan fingerprint density at radius 1 is 1.24 bits per heavy atom. The maximum atomic E-state index is 13.6. The molecule has 5 heteroatoms. The first kappa shape index (κ1) is 11.3. The van der Waals surface area contributed by atoms with Gasteiger partial charge in [0, 0.05) is 0 Å². The molecule has 2 aromatic rings. The number of ether oxygens (including phenoxy) is 1. The summed E-state index contributed by atoms with van der Waals surface area (Å²) in [5, 5.41) is 0. The van der Waals surface area contributed by atoms with E-state index in [9.17, 15) is 4.39 Å². The Balaban J connectivity index is 2.20. The number of para-hydroxylation sites is 1. The summed E-state index contributed by atoms with van der Waals surface area (Å²) in [6.45, 7) is 1.71. The summed E-state index contributed by atoms with van der Waals surface area (Å²) < 4.78 is 19.2. The molecule has 17 heavy (non-hydrogen) atoms. The van der Waals surface area contributed by atoms with Gasteiger partial charge in [0.15, 0.2) is 11.6 Å². The number of hydrogen-bond acceptors (Lipinski definition) is 4. The normalized spacial score (nSPS) is 12.1. The molecule has 0 aliphatic heterocycles. The minimum atomic E-state index is -0.629. The molecule has 1 atom stereocenters. The first-order valence-corrected chi connectivity index (χ1v) is 5.16. The van der Waals surface area contributed by atoms with Crippen LogP contribution in [0.25, 0.3) is 0 Å². The van der Waals surface area contributed by atoms with Crippen molar-refractivity contribution in [1.29, 1.82) is 0 Å². The number of nitrogen functional groups attached to an aromatic ring is 1. The van der Waals surface area contributed by atoms with Crippen molar-refractivity contribution in [2.45, 2.75) is 13.0 Å². The van der Waals surface area contributed by atoms with Crippen LogP contribution in [0, 0.1) is 5.82 Å². The Morgan fingerprint density at radius 2 is 1.94 bits per heavy atom. The predicted octanol–water partition coefficient (Wildman–Crippen LogP) is 2.34.